The summed E-state index contributed by atoms with van der Waals surface area (Å²) in [5.74, 6) is -1.44. The lowest BCUT2D eigenvalue weighted by atomic mass is 10.1. The Bertz CT molecular complexity index is 527. The summed E-state index contributed by atoms with van der Waals surface area (Å²) >= 11 is 0. The molecular weight excluding hydrogens is 252 g/mol. The van der Waals surface area contributed by atoms with Crippen LogP contribution in [0.3, 0.4) is 0 Å². The average Bonchev–Trinajstić information content (AvgIpc) is 2.34. The number of aliphatic carboxylic acids is 1. The largest absolute Gasteiger partial charge is 0.481 e. The molecule has 0 saturated carbocycles. The maximum Gasteiger partial charge on any atom is 0.305 e. The molecular formula is C12H14N2O5. The summed E-state index contributed by atoms with van der Waals surface area (Å²) in [5, 5.41) is 19.3. The zero-order chi connectivity index (χ0) is 14.6. The van der Waals surface area contributed by atoms with Gasteiger partial charge in [0.1, 0.15) is 0 Å². The van der Waals surface area contributed by atoms with E-state index < -0.39 is 16.8 Å². The third-order valence-corrected chi connectivity index (χ3v) is 2.53. The van der Waals surface area contributed by atoms with E-state index in [-0.39, 0.29) is 24.2 Å². The molecule has 0 aromatic heterocycles. The quantitative estimate of drug-likeness (QED) is 0.642. The normalized spacial score (nSPS) is 10.0. The molecule has 0 aliphatic carbocycles. The van der Waals surface area contributed by atoms with Crippen molar-refractivity contribution in [2.75, 3.05) is 13.6 Å². The molecule has 0 bridgehead atoms. The lowest BCUT2D eigenvalue weighted by Crippen LogP contribution is -2.29. The van der Waals surface area contributed by atoms with Crippen molar-refractivity contribution in [2.24, 2.45) is 0 Å². The van der Waals surface area contributed by atoms with Gasteiger partial charge in [0.15, 0.2) is 0 Å². The minimum Gasteiger partial charge on any atom is -0.481 e. The zero-order valence-corrected chi connectivity index (χ0v) is 10.6. The van der Waals surface area contributed by atoms with Crippen LogP contribution in [-0.2, 0) is 4.79 Å². The van der Waals surface area contributed by atoms with Gasteiger partial charge in [-0.3, -0.25) is 19.7 Å². The SMILES string of the molecule is Cc1cc(C(=O)N(C)CCC(=O)O)cc([N+](=O)[O-])c1. The van der Waals surface area contributed by atoms with E-state index in [9.17, 15) is 19.7 Å². The third kappa shape index (κ3) is 4.06. The van der Waals surface area contributed by atoms with Crippen LogP contribution in [0.2, 0.25) is 0 Å². The van der Waals surface area contributed by atoms with Crippen molar-refractivity contribution in [3.63, 3.8) is 0 Å². The molecule has 1 N–H and O–H groups in total. The number of carboxylic acid groups (broad SMARTS) is 1. The van der Waals surface area contributed by atoms with Crippen molar-refractivity contribution in [1.82, 2.24) is 4.90 Å². The van der Waals surface area contributed by atoms with E-state index in [0.29, 0.717) is 5.56 Å². The highest BCUT2D eigenvalue weighted by Crippen LogP contribution is 2.17. The molecule has 7 nitrogen and oxygen atoms in total. The Morgan fingerprint density at radius 3 is 2.53 bits per heavy atom. The van der Waals surface area contributed by atoms with Gasteiger partial charge >= 0.3 is 5.97 Å². The maximum absolute atomic E-state index is 12.0. The number of non-ortho nitro benzene ring substituents is 1. The number of amides is 1. The number of hydrogen-bond acceptors (Lipinski definition) is 4. The molecule has 0 saturated heterocycles. The van der Waals surface area contributed by atoms with Crippen LogP contribution in [0.1, 0.15) is 22.3 Å². The average molecular weight is 266 g/mol. The lowest BCUT2D eigenvalue weighted by Gasteiger charge is -2.16. The van der Waals surface area contributed by atoms with Crippen LogP contribution in [0.25, 0.3) is 0 Å². The summed E-state index contributed by atoms with van der Waals surface area (Å²) in [4.78, 5) is 33.8. The van der Waals surface area contributed by atoms with Gasteiger partial charge in [0.25, 0.3) is 11.6 Å². The number of carboxylic acids is 1. The summed E-state index contributed by atoms with van der Waals surface area (Å²) in [6.07, 6.45) is -0.170. The molecule has 0 heterocycles. The van der Waals surface area contributed by atoms with Gasteiger partial charge in [0.05, 0.1) is 11.3 Å². The summed E-state index contributed by atoms with van der Waals surface area (Å²) in [5.41, 5.74) is 0.624. The summed E-state index contributed by atoms with van der Waals surface area (Å²) in [6, 6.07) is 4.09. The van der Waals surface area contributed by atoms with Gasteiger partial charge < -0.3 is 10.0 Å². The fourth-order valence-electron chi connectivity index (χ4n) is 1.58. The monoisotopic (exact) mass is 266 g/mol. The van der Waals surface area contributed by atoms with Crippen LogP contribution in [0, 0.1) is 17.0 Å². The highest BCUT2D eigenvalue weighted by Gasteiger charge is 2.17. The fraction of sp³-hybridized carbons (Fsp3) is 0.333. The Labute approximate surface area is 109 Å². The second-order valence-electron chi connectivity index (χ2n) is 4.18. The molecule has 7 heteroatoms. The van der Waals surface area contributed by atoms with E-state index in [1.165, 1.54) is 30.1 Å². The molecule has 19 heavy (non-hydrogen) atoms. The molecule has 0 atom stereocenters. The van der Waals surface area contributed by atoms with Crippen molar-refractivity contribution < 1.29 is 19.6 Å². The highest BCUT2D eigenvalue weighted by atomic mass is 16.6. The van der Waals surface area contributed by atoms with Crippen LogP contribution in [0.5, 0.6) is 0 Å². The topological polar surface area (TPSA) is 101 Å². The van der Waals surface area contributed by atoms with Crippen molar-refractivity contribution >= 4 is 17.6 Å². The third-order valence-electron chi connectivity index (χ3n) is 2.53. The van der Waals surface area contributed by atoms with E-state index in [0.717, 1.165) is 0 Å². The Kier molecular flexibility index (Phi) is 4.57. The van der Waals surface area contributed by atoms with Crippen LogP contribution in [0.15, 0.2) is 18.2 Å². The van der Waals surface area contributed by atoms with Gasteiger partial charge in [-0.2, -0.15) is 0 Å². The summed E-state index contributed by atoms with van der Waals surface area (Å²) in [6.45, 7) is 1.71. The first kappa shape index (κ1) is 14.6. The Balaban J connectivity index is 2.92. The number of rotatable bonds is 5. The van der Waals surface area contributed by atoms with Crippen molar-refractivity contribution in [2.45, 2.75) is 13.3 Å². The molecule has 1 amide bonds. The van der Waals surface area contributed by atoms with Crippen LogP contribution >= 0.6 is 0 Å². The van der Waals surface area contributed by atoms with E-state index in [1.807, 2.05) is 0 Å². The molecule has 0 radical (unpaired) electrons. The van der Waals surface area contributed by atoms with Gasteiger partial charge in [-0.25, -0.2) is 0 Å². The zero-order valence-electron chi connectivity index (χ0n) is 10.6. The molecule has 1 rings (SSSR count). The first-order chi connectivity index (χ1) is 8.81. The Morgan fingerprint density at radius 2 is 2.00 bits per heavy atom. The van der Waals surface area contributed by atoms with E-state index in [4.69, 9.17) is 5.11 Å². The minimum absolute atomic E-state index is 0.0515. The molecule has 0 aliphatic heterocycles. The van der Waals surface area contributed by atoms with E-state index in [2.05, 4.69) is 0 Å². The highest BCUT2D eigenvalue weighted by molar-refractivity contribution is 5.95. The molecule has 1 aromatic rings. The van der Waals surface area contributed by atoms with Crippen molar-refractivity contribution in [3.05, 3.63) is 39.4 Å². The van der Waals surface area contributed by atoms with Gasteiger partial charge in [0.2, 0.25) is 0 Å². The van der Waals surface area contributed by atoms with Gasteiger partial charge in [-0.15, -0.1) is 0 Å². The predicted octanol–water partition coefficient (Wildman–Crippen LogP) is 1.45. The van der Waals surface area contributed by atoms with Gasteiger partial charge in [0, 0.05) is 31.3 Å². The van der Waals surface area contributed by atoms with Crippen molar-refractivity contribution in [1.29, 1.82) is 0 Å². The first-order valence-electron chi connectivity index (χ1n) is 5.54. The Morgan fingerprint density at radius 1 is 1.37 bits per heavy atom. The van der Waals surface area contributed by atoms with Gasteiger partial charge in [-0.1, -0.05) is 0 Å². The number of carbonyl (C=O) groups is 2. The van der Waals surface area contributed by atoms with Gasteiger partial charge in [-0.05, 0) is 18.6 Å². The van der Waals surface area contributed by atoms with Crippen LogP contribution in [-0.4, -0.2) is 40.4 Å². The molecule has 0 unspecified atom stereocenters. The van der Waals surface area contributed by atoms with Crippen LogP contribution < -0.4 is 0 Å². The first-order valence-corrected chi connectivity index (χ1v) is 5.54. The Hall–Kier alpha value is -2.44. The molecule has 0 fully saturated rings. The van der Waals surface area contributed by atoms with Crippen molar-refractivity contribution in [3.8, 4) is 0 Å². The smallest absolute Gasteiger partial charge is 0.305 e. The predicted molar refractivity (Wildman–Crippen MR) is 67.0 cm³/mol. The fourth-order valence-corrected chi connectivity index (χ4v) is 1.58. The number of nitro benzene ring substituents is 1. The second-order valence-corrected chi connectivity index (χ2v) is 4.18. The molecule has 102 valence electrons. The van der Waals surface area contributed by atoms with E-state index >= 15 is 0 Å². The molecule has 1 aromatic carbocycles. The molecule has 0 aliphatic rings. The number of hydrogen-bond donors (Lipinski definition) is 1. The lowest BCUT2D eigenvalue weighted by molar-refractivity contribution is -0.384. The number of nitrogens with zero attached hydrogens (tertiary/aromatic N) is 2. The van der Waals surface area contributed by atoms with Crippen LogP contribution in [0.4, 0.5) is 5.69 Å². The summed E-state index contributed by atoms with van der Waals surface area (Å²) in [7, 11) is 1.46. The molecule has 0 spiro atoms. The van der Waals surface area contributed by atoms with E-state index in [1.54, 1.807) is 6.92 Å². The summed E-state index contributed by atoms with van der Waals surface area (Å²) < 4.78 is 0. The number of aryl methyl sites for hydroxylation is 1. The maximum atomic E-state index is 12.0. The number of carbonyl (C=O) groups excluding carboxylic acids is 1. The minimum atomic E-state index is -1.00. The second kappa shape index (κ2) is 5.94. The number of nitro groups is 1. The number of benzene rings is 1. The standard InChI is InChI=1S/C12H14N2O5/c1-8-5-9(7-10(6-8)14(18)19)12(17)13(2)4-3-11(15)16/h5-7H,3-4H2,1-2H3,(H,15,16).